The Morgan fingerprint density at radius 2 is 1.70 bits per heavy atom. The molecule has 0 atom stereocenters. The van der Waals surface area contributed by atoms with Crippen molar-refractivity contribution < 1.29 is 22.9 Å². The largest absolute Gasteiger partial charge is 0.388 e. The minimum atomic E-state index is -3.94. The van der Waals surface area contributed by atoms with Crippen molar-refractivity contribution in [3.63, 3.8) is 0 Å². The minimum Gasteiger partial charge on any atom is -0.388 e. The van der Waals surface area contributed by atoms with Crippen LogP contribution in [0.15, 0.2) is 0 Å². The second-order valence-corrected chi connectivity index (χ2v) is 9.92. The van der Waals surface area contributed by atoms with E-state index in [0.717, 1.165) is 12.8 Å². The van der Waals surface area contributed by atoms with Crippen LogP contribution in [0.4, 0.5) is 0 Å². The van der Waals surface area contributed by atoms with Gasteiger partial charge >= 0.3 is 0 Å². The molecule has 0 aliphatic carbocycles. The van der Waals surface area contributed by atoms with Crippen LogP contribution in [0, 0.1) is 0 Å². The lowest BCUT2D eigenvalue weighted by molar-refractivity contribution is -0.299. The number of hydroxylamine groups is 2. The van der Waals surface area contributed by atoms with Gasteiger partial charge in [0.25, 0.3) is 10.1 Å². The summed E-state index contributed by atoms with van der Waals surface area (Å²) < 4.78 is 30.5. The molecule has 0 aromatic carbocycles. The maximum Gasteiger partial charge on any atom is 0.266 e. The van der Waals surface area contributed by atoms with Gasteiger partial charge in [-0.2, -0.15) is 13.5 Å². The molecule has 1 rings (SSSR count). The zero-order valence-corrected chi connectivity index (χ0v) is 15.9. The summed E-state index contributed by atoms with van der Waals surface area (Å²) in [6.07, 6.45) is 1.54. The van der Waals surface area contributed by atoms with Crippen molar-refractivity contribution in [3.8, 4) is 0 Å². The Kier molecular flexibility index (Phi) is 6.27. The Morgan fingerprint density at radius 1 is 1.22 bits per heavy atom. The number of nitrogens with one attached hydrogen (secondary N) is 1. The third-order valence-electron chi connectivity index (χ3n) is 3.93. The lowest BCUT2D eigenvalue weighted by Crippen LogP contribution is -2.64. The Hall–Kier alpha value is -0.250. The SMILES string of the molecule is CC(C)(O)CON1C(C)(C)CC(NCCS(=O)(=O)O)CC1(C)C. The summed E-state index contributed by atoms with van der Waals surface area (Å²) in [7, 11) is -3.94. The van der Waals surface area contributed by atoms with E-state index >= 15 is 0 Å². The summed E-state index contributed by atoms with van der Waals surface area (Å²) in [5, 5.41) is 15.0. The summed E-state index contributed by atoms with van der Waals surface area (Å²) in [6.45, 7) is 12.1. The first kappa shape index (κ1) is 20.8. The quantitative estimate of drug-likeness (QED) is 0.592. The molecule has 0 amide bonds. The number of rotatable bonds is 7. The van der Waals surface area contributed by atoms with Gasteiger partial charge in [-0.05, 0) is 54.4 Å². The monoisotopic (exact) mass is 352 g/mol. The van der Waals surface area contributed by atoms with Crippen molar-refractivity contribution in [2.24, 2.45) is 0 Å². The van der Waals surface area contributed by atoms with Crippen molar-refractivity contribution in [1.82, 2.24) is 10.4 Å². The number of piperidine rings is 1. The maximum absolute atomic E-state index is 10.8. The number of aliphatic hydroxyl groups is 1. The lowest BCUT2D eigenvalue weighted by Gasteiger charge is -2.54. The second kappa shape index (κ2) is 6.93. The molecular formula is C15H32N2O5S. The van der Waals surface area contributed by atoms with Crippen molar-refractivity contribution in [3.05, 3.63) is 0 Å². The van der Waals surface area contributed by atoms with Crippen LogP contribution in [0.25, 0.3) is 0 Å². The molecule has 3 N–H and O–H groups in total. The average Bonchev–Trinajstić information content (AvgIpc) is 2.21. The van der Waals surface area contributed by atoms with E-state index in [1.54, 1.807) is 13.8 Å². The molecule has 1 heterocycles. The van der Waals surface area contributed by atoms with Crippen LogP contribution < -0.4 is 5.32 Å². The molecular weight excluding hydrogens is 320 g/mol. The highest BCUT2D eigenvalue weighted by molar-refractivity contribution is 7.85. The molecule has 138 valence electrons. The predicted octanol–water partition coefficient (Wildman–Crippen LogP) is 1.19. The summed E-state index contributed by atoms with van der Waals surface area (Å²) in [6, 6.07) is 0.128. The molecule has 0 bridgehead atoms. The molecule has 0 saturated carbocycles. The first-order chi connectivity index (χ1) is 10.1. The first-order valence-corrected chi connectivity index (χ1v) is 9.58. The zero-order chi connectivity index (χ0) is 18.1. The molecule has 1 saturated heterocycles. The molecule has 0 radical (unpaired) electrons. The Bertz CT molecular complexity index is 478. The molecule has 1 aliphatic heterocycles. The summed E-state index contributed by atoms with van der Waals surface area (Å²) >= 11 is 0. The average molecular weight is 352 g/mol. The smallest absolute Gasteiger partial charge is 0.266 e. The summed E-state index contributed by atoms with van der Waals surface area (Å²) in [5.74, 6) is -0.288. The van der Waals surface area contributed by atoms with Crippen LogP contribution >= 0.6 is 0 Å². The summed E-state index contributed by atoms with van der Waals surface area (Å²) in [5.41, 5.74) is -1.46. The lowest BCUT2D eigenvalue weighted by atomic mass is 9.79. The van der Waals surface area contributed by atoms with E-state index in [1.807, 2.05) is 5.06 Å². The van der Waals surface area contributed by atoms with Crippen LogP contribution in [0.1, 0.15) is 54.4 Å². The Morgan fingerprint density at radius 3 is 2.09 bits per heavy atom. The van der Waals surface area contributed by atoms with Crippen molar-refractivity contribution in [2.45, 2.75) is 77.1 Å². The van der Waals surface area contributed by atoms with Crippen LogP contribution in [-0.4, -0.2) is 64.8 Å². The van der Waals surface area contributed by atoms with E-state index in [2.05, 4.69) is 33.0 Å². The number of nitrogens with zero attached hydrogens (tertiary/aromatic N) is 1. The maximum atomic E-state index is 10.8. The fourth-order valence-corrected chi connectivity index (χ4v) is 3.75. The third-order valence-corrected chi connectivity index (χ3v) is 4.65. The van der Waals surface area contributed by atoms with E-state index in [1.165, 1.54) is 0 Å². The third kappa shape index (κ3) is 7.03. The zero-order valence-electron chi connectivity index (χ0n) is 15.1. The molecule has 23 heavy (non-hydrogen) atoms. The Labute approximate surface area is 140 Å². The van der Waals surface area contributed by atoms with Gasteiger partial charge in [-0.3, -0.25) is 9.39 Å². The van der Waals surface area contributed by atoms with Gasteiger partial charge in [0, 0.05) is 23.7 Å². The van der Waals surface area contributed by atoms with Crippen molar-refractivity contribution in [1.29, 1.82) is 0 Å². The highest BCUT2D eigenvalue weighted by Gasteiger charge is 2.46. The highest BCUT2D eigenvalue weighted by Crippen LogP contribution is 2.38. The van der Waals surface area contributed by atoms with Gasteiger partial charge in [0.05, 0.1) is 18.0 Å². The van der Waals surface area contributed by atoms with Gasteiger partial charge in [-0.25, -0.2) is 0 Å². The number of hydrogen-bond donors (Lipinski definition) is 3. The second-order valence-electron chi connectivity index (χ2n) is 8.35. The van der Waals surface area contributed by atoms with Crippen LogP contribution in [0.5, 0.6) is 0 Å². The van der Waals surface area contributed by atoms with Crippen LogP contribution in [0.2, 0.25) is 0 Å². The molecule has 8 heteroatoms. The fraction of sp³-hybridized carbons (Fsp3) is 1.00. The normalized spacial score (nSPS) is 23.1. The molecule has 0 aromatic rings. The van der Waals surface area contributed by atoms with Gasteiger partial charge in [-0.1, -0.05) is 0 Å². The highest BCUT2D eigenvalue weighted by atomic mass is 32.2. The fourth-order valence-electron chi connectivity index (χ4n) is 3.37. The van der Waals surface area contributed by atoms with Crippen molar-refractivity contribution >= 4 is 10.1 Å². The number of hydrogen-bond acceptors (Lipinski definition) is 6. The minimum absolute atomic E-state index is 0.128. The van der Waals surface area contributed by atoms with Gasteiger partial charge in [0.15, 0.2) is 0 Å². The van der Waals surface area contributed by atoms with Crippen LogP contribution in [-0.2, 0) is 15.0 Å². The van der Waals surface area contributed by atoms with Crippen LogP contribution in [0.3, 0.4) is 0 Å². The van der Waals surface area contributed by atoms with E-state index in [9.17, 15) is 13.5 Å². The Balaban J connectivity index is 2.71. The van der Waals surface area contributed by atoms with Gasteiger partial charge in [-0.15, -0.1) is 0 Å². The molecule has 0 unspecified atom stereocenters. The molecule has 0 aromatic heterocycles. The molecule has 1 fully saturated rings. The topological polar surface area (TPSA) is 99.1 Å². The van der Waals surface area contributed by atoms with Gasteiger partial charge < -0.3 is 10.4 Å². The van der Waals surface area contributed by atoms with Gasteiger partial charge in [0.1, 0.15) is 0 Å². The van der Waals surface area contributed by atoms with E-state index < -0.39 is 15.7 Å². The van der Waals surface area contributed by atoms with E-state index in [4.69, 9.17) is 9.39 Å². The first-order valence-electron chi connectivity index (χ1n) is 7.97. The van der Waals surface area contributed by atoms with E-state index in [0.29, 0.717) is 0 Å². The molecule has 0 spiro atoms. The van der Waals surface area contributed by atoms with Gasteiger partial charge in [0.2, 0.25) is 0 Å². The molecule has 1 aliphatic rings. The summed E-state index contributed by atoms with van der Waals surface area (Å²) in [4.78, 5) is 5.90. The molecule has 7 nitrogen and oxygen atoms in total. The standard InChI is InChI=1S/C15H32N2O5S/c1-13(2)9-12(16-7-8-23(19,20)21)10-14(3,4)17(13)22-11-15(5,6)18/h12,16,18H,7-11H2,1-6H3,(H,19,20,21). The predicted molar refractivity (Wildman–Crippen MR) is 89.7 cm³/mol. The van der Waals surface area contributed by atoms with Crippen molar-refractivity contribution in [2.75, 3.05) is 18.9 Å². The van der Waals surface area contributed by atoms with E-state index in [-0.39, 0.29) is 36.0 Å².